The summed E-state index contributed by atoms with van der Waals surface area (Å²) in [6.45, 7) is 2.05. The van der Waals surface area contributed by atoms with Gasteiger partial charge in [0.15, 0.2) is 5.78 Å². The molecule has 0 fully saturated rings. The molecule has 2 bridgehead atoms. The zero-order valence-corrected chi connectivity index (χ0v) is 16.8. The van der Waals surface area contributed by atoms with Crippen LogP contribution in [0.25, 0.3) is 16.7 Å². The van der Waals surface area contributed by atoms with Gasteiger partial charge in [0.25, 0.3) is 0 Å². The van der Waals surface area contributed by atoms with Gasteiger partial charge in [0.2, 0.25) is 0 Å². The molecule has 0 spiro atoms. The predicted molar refractivity (Wildman–Crippen MR) is 112 cm³/mol. The highest BCUT2D eigenvalue weighted by molar-refractivity contribution is 6.30. The van der Waals surface area contributed by atoms with Gasteiger partial charge in [0.1, 0.15) is 11.4 Å². The van der Waals surface area contributed by atoms with Gasteiger partial charge in [-0.2, -0.15) is 0 Å². The molecule has 3 aliphatic carbocycles. The van der Waals surface area contributed by atoms with Crippen molar-refractivity contribution < 1.29 is 14.6 Å². The zero-order chi connectivity index (χ0) is 19.9. The highest BCUT2D eigenvalue weighted by Gasteiger charge is 2.45. The molecule has 1 N–H and O–H groups in total. The number of hydrogen-bond acceptors (Lipinski definition) is 3. The lowest BCUT2D eigenvalue weighted by Gasteiger charge is -2.30. The zero-order valence-electron chi connectivity index (χ0n) is 16.0. The lowest BCUT2D eigenvalue weighted by molar-refractivity contribution is -0.116. The van der Waals surface area contributed by atoms with E-state index in [1.54, 1.807) is 7.11 Å². The summed E-state index contributed by atoms with van der Waals surface area (Å²) in [7, 11) is 1.58. The molecule has 2 aromatic rings. The maximum atomic E-state index is 13.3. The summed E-state index contributed by atoms with van der Waals surface area (Å²) in [5.41, 5.74) is 3.28. The molecule has 3 nitrogen and oxygen atoms in total. The average molecular weight is 395 g/mol. The molecule has 0 aromatic heterocycles. The number of benzene rings is 2. The van der Waals surface area contributed by atoms with Gasteiger partial charge < -0.3 is 9.84 Å². The Bertz CT molecular complexity index is 987. The number of aliphatic hydroxyl groups excluding tert-OH is 1. The number of aliphatic hydroxyl groups is 1. The summed E-state index contributed by atoms with van der Waals surface area (Å²) in [6, 6.07) is 13.7. The van der Waals surface area contributed by atoms with Crippen LogP contribution < -0.4 is 0 Å². The largest absolute Gasteiger partial charge is 0.508 e. The van der Waals surface area contributed by atoms with Gasteiger partial charge in [-0.15, -0.1) is 0 Å². The predicted octanol–water partition coefficient (Wildman–Crippen LogP) is 5.77. The minimum atomic E-state index is -0.917. The van der Waals surface area contributed by atoms with Crippen molar-refractivity contribution in [2.45, 2.75) is 31.8 Å². The molecule has 2 atom stereocenters. The van der Waals surface area contributed by atoms with Crippen LogP contribution >= 0.6 is 11.6 Å². The lowest BCUT2D eigenvalue weighted by Crippen LogP contribution is -2.33. The molecule has 0 heterocycles. The van der Waals surface area contributed by atoms with E-state index < -0.39 is 5.60 Å². The number of methoxy groups -OCH3 is 1. The number of aryl methyl sites for hydroxylation is 1. The second kappa shape index (κ2) is 7.23. The molecule has 3 aliphatic rings. The van der Waals surface area contributed by atoms with Crippen molar-refractivity contribution in [1.82, 2.24) is 0 Å². The van der Waals surface area contributed by atoms with Crippen molar-refractivity contribution in [3.63, 3.8) is 0 Å². The third-order valence-electron chi connectivity index (χ3n) is 5.95. The van der Waals surface area contributed by atoms with Gasteiger partial charge >= 0.3 is 0 Å². The first-order valence-electron chi connectivity index (χ1n) is 9.60. The standard InChI is InChI=1S/C24H23ClO3/c1-3-15-4-5-18(16-6-8-19(25)9-7-16)14-20(15)21-22(26)17-10-12-24(28-2,13-11-17)23(21)27/h4-10,12,14,17,27H,3,11,13H2,1-2H3/t17?,24-/m0/s1. The maximum Gasteiger partial charge on any atom is 0.173 e. The van der Waals surface area contributed by atoms with Gasteiger partial charge in [-0.25, -0.2) is 0 Å². The summed E-state index contributed by atoms with van der Waals surface area (Å²) in [5.74, 6) is -0.223. The fourth-order valence-electron chi connectivity index (χ4n) is 4.22. The molecule has 28 heavy (non-hydrogen) atoms. The van der Waals surface area contributed by atoms with Crippen molar-refractivity contribution in [2.75, 3.05) is 7.11 Å². The van der Waals surface area contributed by atoms with E-state index in [4.69, 9.17) is 16.3 Å². The Morgan fingerprint density at radius 1 is 1.18 bits per heavy atom. The number of ether oxygens (including phenoxy) is 1. The van der Waals surface area contributed by atoms with Crippen LogP contribution in [0.5, 0.6) is 0 Å². The van der Waals surface area contributed by atoms with Crippen molar-refractivity contribution in [3.8, 4) is 11.1 Å². The minimum absolute atomic E-state index is 0.0270. The number of carbonyl (C=O) groups excluding carboxylic acids is 1. The van der Waals surface area contributed by atoms with Gasteiger partial charge in [0.05, 0.1) is 5.57 Å². The average Bonchev–Trinajstić information content (AvgIpc) is 2.90. The molecule has 1 unspecified atom stereocenters. The molecule has 0 radical (unpaired) electrons. The molecular weight excluding hydrogens is 372 g/mol. The molecule has 5 rings (SSSR count). The molecule has 2 aromatic carbocycles. The van der Waals surface area contributed by atoms with Crippen LogP contribution in [0.2, 0.25) is 5.02 Å². The van der Waals surface area contributed by atoms with Gasteiger partial charge in [0, 0.05) is 18.1 Å². The monoisotopic (exact) mass is 394 g/mol. The first-order chi connectivity index (χ1) is 13.5. The number of Topliss-reactive ketones (excluding diaryl/α,β-unsaturated/α-hetero) is 1. The summed E-state index contributed by atoms with van der Waals surface area (Å²) in [6.07, 6.45) is 5.76. The van der Waals surface area contributed by atoms with E-state index >= 15 is 0 Å². The number of allylic oxidation sites excluding steroid dienone is 2. The quantitative estimate of drug-likeness (QED) is 0.669. The molecule has 0 saturated heterocycles. The lowest BCUT2D eigenvalue weighted by atomic mass is 9.86. The molecule has 0 aliphatic heterocycles. The van der Waals surface area contributed by atoms with Crippen LogP contribution in [0, 0.1) is 5.92 Å². The Labute approximate surface area is 170 Å². The van der Waals surface area contributed by atoms with Gasteiger partial charge in [-0.1, -0.05) is 48.9 Å². The third kappa shape index (κ3) is 2.99. The fraction of sp³-hybridized carbons (Fsp3) is 0.292. The van der Waals surface area contributed by atoms with Crippen LogP contribution in [0.1, 0.15) is 30.9 Å². The Morgan fingerprint density at radius 3 is 2.50 bits per heavy atom. The van der Waals surface area contributed by atoms with Crippen molar-refractivity contribution in [2.24, 2.45) is 5.92 Å². The highest BCUT2D eigenvalue weighted by atomic mass is 35.5. The van der Waals surface area contributed by atoms with Crippen LogP contribution in [0.15, 0.2) is 60.4 Å². The first-order valence-corrected chi connectivity index (χ1v) is 9.98. The van der Waals surface area contributed by atoms with Crippen LogP contribution in [0.4, 0.5) is 0 Å². The number of rotatable bonds is 4. The van der Waals surface area contributed by atoms with E-state index in [2.05, 4.69) is 6.92 Å². The van der Waals surface area contributed by atoms with E-state index in [1.807, 2.05) is 54.6 Å². The summed E-state index contributed by atoms with van der Waals surface area (Å²) >= 11 is 6.02. The Kier molecular flexibility index (Phi) is 4.90. The fourth-order valence-corrected chi connectivity index (χ4v) is 4.34. The van der Waals surface area contributed by atoms with Crippen LogP contribution in [-0.4, -0.2) is 23.6 Å². The van der Waals surface area contributed by atoms with Crippen molar-refractivity contribution >= 4 is 23.0 Å². The smallest absolute Gasteiger partial charge is 0.173 e. The van der Waals surface area contributed by atoms with Crippen molar-refractivity contribution in [1.29, 1.82) is 0 Å². The van der Waals surface area contributed by atoms with E-state index in [0.717, 1.165) is 28.7 Å². The number of ketones is 1. The SMILES string of the molecule is CCc1ccc(-c2ccc(Cl)cc2)cc1C1=C(O)[C@]2(OC)C=CC(CC2)C1=O. The summed E-state index contributed by atoms with van der Waals surface area (Å²) in [4.78, 5) is 13.3. The van der Waals surface area contributed by atoms with Crippen LogP contribution in [-0.2, 0) is 16.0 Å². The molecule has 4 heteroatoms. The minimum Gasteiger partial charge on any atom is -0.508 e. The van der Waals surface area contributed by atoms with E-state index in [9.17, 15) is 9.90 Å². The Balaban J connectivity index is 1.92. The molecule has 0 amide bonds. The second-order valence-electron chi connectivity index (χ2n) is 7.42. The normalized spacial score (nSPS) is 24.0. The van der Waals surface area contributed by atoms with Crippen LogP contribution in [0.3, 0.4) is 0 Å². The third-order valence-corrected chi connectivity index (χ3v) is 6.20. The van der Waals surface area contributed by atoms with Crippen molar-refractivity contribution in [3.05, 3.63) is 76.5 Å². The first kappa shape index (κ1) is 19.0. The van der Waals surface area contributed by atoms with Gasteiger partial charge in [-0.05, 0) is 65.8 Å². The number of halogens is 1. The molecule has 0 saturated carbocycles. The maximum absolute atomic E-state index is 13.3. The second-order valence-corrected chi connectivity index (χ2v) is 7.85. The summed E-state index contributed by atoms with van der Waals surface area (Å²) < 4.78 is 5.70. The Morgan fingerprint density at radius 2 is 1.89 bits per heavy atom. The van der Waals surface area contributed by atoms with E-state index in [1.165, 1.54) is 0 Å². The van der Waals surface area contributed by atoms with E-state index in [0.29, 0.717) is 23.4 Å². The highest BCUT2D eigenvalue weighted by Crippen LogP contribution is 2.44. The Hall–Kier alpha value is -2.36. The number of carbonyl (C=O) groups is 1. The van der Waals surface area contributed by atoms with Gasteiger partial charge in [-0.3, -0.25) is 4.79 Å². The topological polar surface area (TPSA) is 46.5 Å². The number of hydrogen-bond donors (Lipinski definition) is 1. The molecular formula is C24H23ClO3. The molecule has 144 valence electrons. The number of fused-ring (bicyclic) bond motifs is 2. The summed E-state index contributed by atoms with van der Waals surface area (Å²) in [5, 5.41) is 11.9. The van der Waals surface area contributed by atoms with E-state index in [-0.39, 0.29) is 17.5 Å².